The first-order chi connectivity index (χ1) is 10.0. The largest absolute Gasteiger partial charge is 0.462 e. The molecule has 1 aliphatic rings. The van der Waals surface area contributed by atoms with E-state index >= 15 is 0 Å². The maximum Gasteiger partial charge on any atom is 0.341 e. The van der Waals surface area contributed by atoms with E-state index in [9.17, 15) is 4.79 Å². The number of rotatable bonds is 4. The van der Waals surface area contributed by atoms with E-state index in [4.69, 9.17) is 4.74 Å². The van der Waals surface area contributed by atoms with Gasteiger partial charge in [0, 0.05) is 33.3 Å². The van der Waals surface area contributed by atoms with Crippen molar-refractivity contribution in [1.82, 2.24) is 14.8 Å². The number of pyridine rings is 1. The van der Waals surface area contributed by atoms with Gasteiger partial charge in [0.25, 0.3) is 0 Å². The molecule has 1 aliphatic carbocycles. The van der Waals surface area contributed by atoms with E-state index in [2.05, 4.69) is 10.1 Å². The Bertz CT molecular complexity index is 701. The van der Waals surface area contributed by atoms with Crippen molar-refractivity contribution in [2.75, 3.05) is 25.6 Å². The Morgan fingerprint density at radius 2 is 2.19 bits per heavy atom. The number of aromatic nitrogens is 3. The topological polar surface area (TPSA) is 60.2 Å². The molecule has 0 aliphatic heterocycles. The van der Waals surface area contributed by atoms with Crippen molar-refractivity contribution < 1.29 is 9.53 Å². The van der Waals surface area contributed by atoms with Crippen LogP contribution >= 0.6 is 0 Å². The number of esters is 1. The zero-order valence-corrected chi connectivity index (χ0v) is 12.9. The monoisotopic (exact) mass is 288 g/mol. The minimum Gasteiger partial charge on any atom is -0.462 e. The number of ether oxygens (including phenoxy) is 1. The lowest BCUT2D eigenvalue weighted by Gasteiger charge is -2.18. The third kappa shape index (κ3) is 2.24. The SMILES string of the molecule is CCOC(=O)c1cnc2c(c(C3CC3)nn2C)c1N(C)C. The highest BCUT2D eigenvalue weighted by atomic mass is 16.5. The fraction of sp³-hybridized carbons (Fsp3) is 0.533. The Balaban J connectivity index is 2.27. The average Bonchev–Trinajstić information content (AvgIpc) is 3.23. The van der Waals surface area contributed by atoms with E-state index in [0.29, 0.717) is 18.1 Å². The summed E-state index contributed by atoms with van der Waals surface area (Å²) in [6.45, 7) is 2.16. The van der Waals surface area contributed by atoms with Crippen molar-refractivity contribution in [3.05, 3.63) is 17.5 Å². The zero-order valence-electron chi connectivity index (χ0n) is 12.9. The molecular formula is C15H20N4O2. The first-order valence-corrected chi connectivity index (χ1v) is 7.24. The molecule has 3 rings (SSSR count). The second-order valence-corrected chi connectivity index (χ2v) is 5.62. The molecule has 0 spiro atoms. The highest BCUT2D eigenvalue weighted by Crippen LogP contribution is 2.45. The molecule has 0 aromatic carbocycles. The van der Waals surface area contributed by atoms with Gasteiger partial charge in [-0.3, -0.25) is 4.68 Å². The molecule has 2 aromatic heterocycles. The lowest BCUT2D eigenvalue weighted by Crippen LogP contribution is -2.17. The van der Waals surface area contributed by atoms with Crippen LogP contribution < -0.4 is 4.90 Å². The van der Waals surface area contributed by atoms with Gasteiger partial charge in [0.15, 0.2) is 5.65 Å². The summed E-state index contributed by atoms with van der Waals surface area (Å²) in [4.78, 5) is 18.6. The van der Waals surface area contributed by atoms with Crippen LogP contribution in [-0.4, -0.2) is 41.4 Å². The molecule has 2 aromatic rings. The molecule has 0 atom stereocenters. The van der Waals surface area contributed by atoms with Gasteiger partial charge in [0.05, 0.1) is 23.4 Å². The van der Waals surface area contributed by atoms with E-state index in [1.807, 2.05) is 26.0 Å². The van der Waals surface area contributed by atoms with Crippen molar-refractivity contribution in [1.29, 1.82) is 0 Å². The smallest absolute Gasteiger partial charge is 0.341 e. The average molecular weight is 288 g/mol. The summed E-state index contributed by atoms with van der Waals surface area (Å²) in [6, 6.07) is 0. The molecule has 0 unspecified atom stereocenters. The lowest BCUT2D eigenvalue weighted by atomic mass is 10.1. The second-order valence-electron chi connectivity index (χ2n) is 5.62. The molecule has 0 bridgehead atoms. The Morgan fingerprint density at radius 1 is 1.48 bits per heavy atom. The Hall–Kier alpha value is -2.11. The number of hydrogen-bond donors (Lipinski definition) is 0. The molecule has 21 heavy (non-hydrogen) atoms. The van der Waals surface area contributed by atoms with E-state index in [-0.39, 0.29) is 5.97 Å². The third-order valence-corrected chi connectivity index (χ3v) is 3.76. The summed E-state index contributed by atoms with van der Waals surface area (Å²) in [5.74, 6) is 0.160. The summed E-state index contributed by atoms with van der Waals surface area (Å²) in [6.07, 6.45) is 3.90. The van der Waals surface area contributed by atoms with Crippen molar-refractivity contribution in [2.24, 2.45) is 7.05 Å². The molecule has 0 N–H and O–H groups in total. The van der Waals surface area contributed by atoms with Crippen molar-refractivity contribution in [3.63, 3.8) is 0 Å². The Kier molecular flexibility index (Phi) is 3.31. The number of anilines is 1. The quantitative estimate of drug-likeness (QED) is 0.806. The minimum atomic E-state index is -0.332. The van der Waals surface area contributed by atoms with E-state index < -0.39 is 0 Å². The highest BCUT2D eigenvalue weighted by molar-refractivity contribution is 6.05. The normalized spacial score (nSPS) is 14.5. The fourth-order valence-electron chi connectivity index (χ4n) is 2.70. The van der Waals surface area contributed by atoms with Crippen LogP contribution in [0.5, 0.6) is 0 Å². The van der Waals surface area contributed by atoms with Crippen LogP contribution in [0, 0.1) is 0 Å². The van der Waals surface area contributed by atoms with Gasteiger partial charge < -0.3 is 9.64 Å². The van der Waals surface area contributed by atoms with Gasteiger partial charge >= 0.3 is 5.97 Å². The molecule has 0 saturated heterocycles. The molecule has 2 heterocycles. The van der Waals surface area contributed by atoms with E-state index in [1.165, 1.54) is 0 Å². The summed E-state index contributed by atoms with van der Waals surface area (Å²) < 4.78 is 6.95. The number of hydrogen-bond acceptors (Lipinski definition) is 5. The van der Waals surface area contributed by atoms with Crippen LogP contribution in [0.3, 0.4) is 0 Å². The van der Waals surface area contributed by atoms with Crippen LogP contribution in [0.4, 0.5) is 5.69 Å². The van der Waals surface area contributed by atoms with Crippen LogP contribution in [0.1, 0.15) is 41.7 Å². The number of fused-ring (bicyclic) bond motifs is 1. The van der Waals surface area contributed by atoms with E-state index in [1.54, 1.807) is 17.8 Å². The van der Waals surface area contributed by atoms with Gasteiger partial charge in [-0.05, 0) is 19.8 Å². The Labute approximate surface area is 123 Å². The summed E-state index contributed by atoms with van der Waals surface area (Å²) in [7, 11) is 5.76. The van der Waals surface area contributed by atoms with Gasteiger partial charge in [0.2, 0.25) is 0 Å². The zero-order chi connectivity index (χ0) is 15.1. The molecule has 0 amide bonds. The van der Waals surface area contributed by atoms with Crippen molar-refractivity contribution in [2.45, 2.75) is 25.7 Å². The number of aryl methyl sites for hydroxylation is 1. The van der Waals surface area contributed by atoms with Gasteiger partial charge in [-0.25, -0.2) is 9.78 Å². The van der Waals surface area contributed by atoms with Gasteiger partial charge in [0.1, 0.15) is 5.56 Å². The van der Waals surface area contributed by atoms with Gasteiger partial charge in [-0.1, -0.05) is 0 Å². The van der Waals surface area contributed by atoms with Gasteiger partial charge in [-0.2, -0.15) is 5.10 Å². The van der Waals surface area contributed by atoms with Gasteiger partial charge in [-0.15, -0.1) is 0 Å². The second kappa shape index (κ2) is 5.02. The van der Waals surface area contributed by atoms with E-state index in [0.717, 1.165) is 35.3 Å². The van der Waals surface area contributed by atoms with Crippen molar-refractivity contribution >= 4 is 22.7 Å². The molecular weight excluding hydrogens is 268 g/mol. The van der Waals surface area contributed by atoms with Crippen LogP contribution in [0.15, 0.2) is 6.20 Å². The minimum absolute atomic E-state index is 0.332. The highest BCUT2D eigenvalue weighted by Gasteiger charge is 2.32. The Morgan fingerprint density at radius 3 is 2.76 bits per heavy atom. The number of nitrogens with zero attached hydrogens (tertiary/aromatic N) is 4. The summed E-state index contributed by atoms with van der Waals surface area (Å²) in [5.41, 5.74) is 3.22. The number of carbonyl (C=O) groups is 1. The molecule has 112 valence electrons. The predicted octanol–water partition coefficient (Wildman–Crippen LogP) is 2.09. The molecule has 0 radical (unpaired) electrons. The standard InChI is InChI=1S/C15H20N4O2/c1-5-21-15(20)10-8-16-14-11(13(10)18(2)3)12(9-6-7-9)17-19(14)4/h8-9H,5-7H2,1-4H3. The lowest BCUT2D eigenvalue weighted by molar-refractivity contribution is 0.0527. The molecule has 6 nitrogen and oxygen atoms in total. The third-order valence-electron chi connectivity index (χ3n) is 3.76. The van der Waals surface area contributed by atoms with Crippen LogP contribution in [0.2, 0.25) is 0 Å². The maximum atomic E-state index is 12.2. The van der Waals surface area contributed by atoms with Crippen LogP contribution in [0.25, 0.3) is 11.0 Å². The molecule has 6 heteroatoms. The van der Waals surface area contributed by atoms with Crippen LogP contribution in [-0.2, 0) is 11.8 Å². The maximum absolute atomic E-state index is 12.2. The summed E-state index contributed by atoms with van der Waals surface area (Å²) in [5, 5.41) is 5.60. The first-order valence-electron chi connectivity index (χ1n) is 7.24. The number of carbonyl (C=O) groups excluding carboxylic acids is 1. The predicted molar refractivity (Wildman–Crippen MR) is 80.8 cm³/mol. The molecule has 1 fully saturated rings. The molecule has 1 saturated carbocycles. The first kappa shape index (κ1) is 13.9. The fourth-order valence-corrected chi connectivity index (χ4v) is 2.70. The van der Waals surface area contributed by atoms with Crippen molar-refractivity contribution in [3.8, 4) is 0 Å². The summed E-state index contributed by atoms with van der Waals surface area (Å²) >= 11 is 0.